The van der Waals surface area contributed by atoms with E-state index in [0.29, 0.717) is 12.0 Å². The van der Waals surface area contributed by atoms with E-state index in [1.807, 2.05) is 6.07 Å². The molecule has 0 amide bonds. The van der Waals surface area contributed by atoms with E-state index in [1.165, 1.54) is 43.2 Å². The molecule has 24 heavy (non-hydrogen) atoms. The lowest BCUT2D eigenvalue weighted by atomic mass is 9.93. The highest BCUT2D eigenvalue weighted by Gasteiger charge is 2.19. The molecule has 0 aliphatic heterocycles. The van der Waals surface area contributed by atoms with Crippen molar-refractivity contribution in [2.75, 3.05) is 7.05 Å². The molecule has 3 heteroatoms. The van der Waals surface area contributed by atoms with Gasteiger partial charge in [0.1, 0.15) is 5.58 Å². The van der Waals surface area contributed by atoms with Gasteiger partial charge in [-0.3, -0.25) is 4.90 Å². The molecule has 1 aliphatic rings. The Morgan fingerprint density at radius 1 is 1.17 bits per heavy atom. The van der Waals surface area contributed by atoms with Crippen molar-refractivity contribution in [3.63, 3.8) is 0 Å². The third kappa shape index (κ3) is 3.56. The summed E-state index contributed by atoms with van der Waals surface area (Å²) in [4.78, 5) is 14.4. The van der Waals surface area contributed by atoms with Crippen LogP contribution >= 0.6 is 0 Å². The first kappa shape index (κ1) is 17.2. The van der Waals surface area contributed by atoms with Gasteiger partial charge in [-0.25, -0.2) is 4.79 Å². The lowest BCUT2D eigenvalue weighted by molar-refractivity contribution is 0.185. The zero-order valence-corrected chi connectivity index (χ0v) is 15.4. The van der Waals surface area contributed by atoms with Crippen LogP contribution in [-0.4, -0.2) is 18.0 Å². The zero-order valence-electron chi connectivity index (χ0n) is 15.4. The van der Waals surface area contributed by atoms with Crippen molar-refractivity contribution in [3.8, 4) is 0 Å². The molecule has 0 unspecified atom stereocenters. The fraction of sp³-hybridized carbons (Fsp3) is 0.571. The highest BCUT2D eigenvalue weighted by atomic mass is 16.4. The monoisotopic (exact) mass is 327 g/mol. The molecule has 0 spiro atoms. The van der Waals surface area contributed by atoms with Gasteiger partial charge in [0.05, 0.1) is 0 Å². The Balaban J connectivity index is 1.99. The second-order valence-electron chi connectivity index (χ2n) is 7.66. The third-order valence-corrected chi connectivity index (χ3v) is 5.46. The topological polar surface area (TPSA) is 33.5 Å². The lowest BCUT2D eigenvalue weighted by Crippen LogP contribution is -2.33. The molecule has 2 aromatic rings. The highest BCUT2D eigenvalue weighted by molar-refractivity contribution is 5.82. The molecule has 1 heterocycles. The van der Waals surface area contributed by atoms with E-state index in [0.717, 1.165) is 23.1 Å². The van der Waals surface area contributed by atoms with Gasteiger partial charge in [0, 0.05) is 24.0 Å². The van der Waals surface area contributed by atoms with Crippen molar-refractivity contribution in [2.45, 2.75) is 71.4 Å². The van der Waals surface area contributed by atoms with Gasteiger partial charge in [-0.15, -0.1) is 0 Å². The van der Waals surface area contributed by atoms with Gasteiger partial charge in [0.2, 0.25) is 0 Å². The van der Waals surface area contributed by atoms with Crippen LogP contribution in [0.5, 0.6) is 0 Å². The van der Waals surface area contributed by atoms with E-state index in [9.17, 15) is 4.79 Å². The SMILES string of the molecule is Cc1cc2oc(=O)cc(CN(C)C3CCCCC3)c2cc1C(C)C. The van der Waals surface area contributed by atoms with Crippen molar-refractivity contribution < 1.29 is 4.42 Å². The third-order valence-electron chi connectivity index (χ3n) is 5.46. The Morgan fingerprint density at radius 2 is 1.88 bits per heavy atom. The zero-order chi connectivity index (χ0) is 17.3. The highest BCUT2D eigenvalue weighted by Crippen LogP contribution is 2.28. The minimum atomic E-state index is -0.244. The van der Waals surface area contributed by atoms with Gasteiger partial charge < -0.3 is 4.42 Å². The first-order chi connectivity index (χ1) is 11.5. The van der Waals surface area contributed by atoms with E-state index >= 15 is 0 Å². The quantitative estimate of drug-likeness (QED) is 0.742. The Hall–Kier alpha value is -1.61. The Kier molecular flexibility index (Phi) is 5.09. The number of hydrogen-bond acceptors (Lipinski definition) is 3. The summed E-state index contributed by atoms with van der Waals surface area (Å²) in [6, 6.07) is 6.57. The van der Waals surface area contributed by atoms with Crippen LogP contribution in [0.15, 0.2) is 27.4 Å². The van der Waals surface area contributed by atoms with E-state index in [4.69, 9.17) is 4.42 Å². The molecule has 1 saturated carbocycles. The molecule has 1 fully saturated rings. The molecule has 0 saturated heterocycles. The maximum Gasteiger partial charge on any atom is 0.336 e. The average Bonchev–Trinajstić information content (AvgIpc) is 2.54. The van der Waals surface area contributed by atoms with Crippen molar-refractivity contribution in [3.05, 3.63) is 45.3 Å². The van der Waals surface area contributed by atoms with Gasteiger partial charge in [0.15, 0.2) is 0 Å². The van der Waals surface area contributed by atoms with E-state index < -0.39 is 0 Å². The van der Waals surface area contributed by atoms with Gasteiger partial charge >= 0.3 is 5.63 Å². The largest absolute Gasteiger partial charge is 0.423 e. The maximum absolute atomic E-state index is 12.0. The molecule has 1 aromatic carbocycles. The van der Waals surface area contributed by atoms with Crippen molar-refractivity contribution in [1.82, 2.24) is 4.90 Å². The number of fused-ring (bicyclic) bond motifs is 1. The summed E-state index contributed by atoms with van der Waals surface area (Å²) >= 11 is 0. The number of benzene rings is 1. The molecule has 130 valence electrons. The summed E-state index contributed by atoms with van der Waals surface area (Å²) in [5.74, 6) is 0.463. The molecule has 0 atom stereocenters. The minimum Gasteiger partial charge on any atom is -0.423 e. The van der Waals surface area contributed by atoms with Gasteiger partial charge in [-0.2, -0.15) is 0 Å². The van der Waals surface area contributed by atoms with Gasteiger partial charge in [-0.1, -0.05) is 33.1 Å². The second kappa shape index (κ2) is 7.10. The van der Waals surface area contributed by atoms with Gasteiger partial charge in [-0.05, 0) is 61.6 Å². The van der Waals surface area contributed by atoms with Crippen LogP contribution in [0.2, 0.25) is 0 Å². The van der Waals surface area contributed by atoms with Crippen LogP contribution in [0.4, 0.5) is 0 Å². The second-order valence-corrected chi connectivity index (χ2v) is 7.66. The smallest absolute Gasteiger partial charge is 0.336 e. The number of rotatable bonds is 4. The van der Waals surface area contributed by atoms with Crippen LogP contribution in [0.25, 0.3) is 11.0 Å². The van der Waals surface area contributed by atoms with Crippen molar-refractivity contribution >= 4 is 11.0 Å². The van der Waals surface area contributed by atoms with Crippen LogP contribution in [0.1, 0.15) is 68.6 Å². The predicted molar refractivity (Wildman–Crippen MR) is 99.7 cm³/mol. The normalized spacial score (nSPS) is 16.4. The number of nitrogens with zero attached hydrogens (tertiary/aromatic N) is 1. The predicted octanol–water partition coefficient (Wildman–Crippen LogP) is 4.99. The van der Waals surface area contributed by atoms with Crippen LogP contribution in [0, 0.1) is 6.92 Å². The summed E-state index contributed by atoms with van der Waals surface area (Å²) in [5, 5.41) is 1.09. The molecule has 3 rings (SSSR count). The number of aryl methyl sites for hydroxylation is 1. The molecule has 0 N–H and O–H groups in total. The van der Waals surface area contributed by atoms with Crippen LogP contribution in [-0.2, 0) is 6.54 Å². The van der Waals surface area contributed by atoms with Crippen LogP contribution < -0.4 is 5.63 Å². The molecule has 1 aromatic heterocycles. The summed E-state index contributed by atoms with van der Waals surface area (Å²) in [6.07, 6.45) is 6.55. The molecule has 0 radical (unpaired) electrons. The first-order valence-corrected chi connectivity index (χ1v) is 9.23. The van der Waals surface area contributed by atoms with Crippen molar-refractivity contribution in [1.29, 1.82) is 0 Å². The lowest BCUT2D eigenvalue weighted by Gasteiger charge is -2.31. The average molecular weight is 327 g/mol. The van der Waals surface area contributed by atoms with E-state index in [1.54, 1.807) is 6.07 Å². The Bertz CT molecular complexity index is 769. The Morgan fingerprint density at radius 3 is 2.54 bits per heavy atom. The first-order valence-electron chi connectivity index (χ1n) is 9.23. The minimum absolute atomic E-state index is 0.244. The fourth-order valence-corrected chi connectivity index (χ4v) is 4.06. The van der Waals surface area contributed by atoms with E-state index in [2.05, 4.69) is 38.8 Å². The molecule has 3 nitrogen and oxygen atoms in total. The van der Waals surface area contributed by atoms with E-state index in [-0.39, 0.29) is 5.63 Å². The Labute approximate surface area is 144 Å². The summed E-state index contributed by atoms with van der Waals surface area (Å²) in [6.45, 7) is 7.32. The fourth-order valence-electron chi connectivity index (χ4n) is 4.06. The van der Waals surface area contributed by atoms with Crippen molar-refractivity contribution in [2.24, 2.45) is 0 Å². The van der Waals surface area contributed by atoms with Gasteiger partial charge in [0.25, 0.3) is 0 Å². The molecule has 1 aliphatic carbocycles. The molecular formula is C21H29NO2. The van der Waals surface area contributed by atoms with Crippen LogP contribution in [0.3, 0.4) is 0 Å². The molecular weight excluding hydrogens is 298 g/mol. The standard InChI is InChI=1S/C21H29NO2/c1-14(2)18-12-19-16(11-21(23)24-20(19)10-15(18)3)13-22(4)17-8-6-5-7-9-17/h10-12,14,17H,5-9,13H2,1-4H3. The summed E-state index contributed by atoms with van der Waals surface area (Å²) < 4.78 is 5.47. The summed E-state index contributed by atoms with van der Waals surface area (Å²) in [5.41, 5.74) is 4.09. The maximum atomic E-state index is 12.0. The summed E-state index contributed by atoms with van der Waals surface area (Å²) in [7, 11) is 2.19. The molecule has 0 bridgehead atoms. The number of hydrogen-bond donors (Lipinski definition) is 0.